The predicted octanol–water partition coefficient (Wildman–Crippen LogP) is 1.91. The summed E-state index contributed by atoms with van der Waals surface area (Å²) in [6, 6.07) is 13.7. The molecule has 2 heterocycles. The van der Waals surface area contributed by atoms with Crippen molar-refractivity contribution in [2.24, 2.45) is 0 Å². The summed E-state index contributed by atoms with van der Waals surface area (Å²) in [4.78, 5) is 17.5. The first-order valence-corrected chi connectivity index (χ1v) is 10.7. The van der Waals surface area contributed by atoms with Crippen LogP contribution in [0.15, 0.2) is 66.1 Å². The van der Waals surface area contributed by atoms with Gasteiger partial charge in [-0.1, -0.05) is 36.4 Å². The van der Waals surface area contributed by atoms with Gasteiger partial charge in [0.1, 0.15) is 12.7 Å². The Morgan fingerprint density at radius 3 is 2.69 bits per heavy atom. The van der Waals surface area contributed by atoms with Gasteiger partial charge in [0.05, 0.1) is 17.5 Å². The molecule has 1 atom stereocenters. The molecule has 4 rings (SSSR count). The smallest absolute Gasteiger partial charge is 0.241 e. The van der Waals surface area contributed by atoms with Crippen LogP contribution in [0.5, 0.6) is 0 Å². The van der Waals surface area contributed by atoms with E-state index in [-0.39, 0.29) is 10.8 Å². The monoisotopic (exact) mass is 411 g/mol. The molecule has 150 valence electrons. The summed E-state index contributed by atoms with van der Waals surface area (Å²) in [6.45, 7) is 2.35. The van der Waals surface area contributed by atoms with Gasteiger partial charge in [-0.25, -0.2) is 18.1 Å². The van der Waals surface area contributed by atoms with Crippen LogP contribution in [0.25, 0.3) is 0 Å². The van der Waals surface area contributed by atoms with Gasteiger partial charge in [-0.05, 0) is 29.7 Å². The predicted molar refractivity (Wildman–Crippen MR) is 108 cm³/mol. The molecule has 0 bridgehead atoms. The number of fused-ring (bicyclic) bond motifs is 1. The van der Waals surface area contributed by atoms with Crippen LogP contribution < -0.4 is 9.62 Å². The van der Waals surface area contributed by atoms with Crippen molar-refractivity contribution >= 4 is 21.6 Å². The zero-order valence-electron chi connectivity index (χ0n) is 15.9. The fourth-order valence-corrected chi connectivity index (χ4v) is 4.75. The van der Waals surface area contributed by atoms with Gasteiger partial charge in [-0.15, -0.1) is 0 Å². The van der Waals surface area contributed by atoms with E-state index < -0.39 is 16.1 Å². The molecule has 1 unspecified atom stereocenters. The SMILES string of the molecule is CC(=O)N1CCc2ccc(S(=O)(=O)NC(Cn3cncn3)c3ccccc3)cc21. The molecule has 0 aliphatic carbocycles. The van der Waals surface area contributed by atoms with Crippen molar-refractivity contribution in [3.05, 3.63) is 72.3 Å². The van der Waals surface area contributed by atoms with E-state index in [9.17, 15) is 13.2 Å². The number of nitrogens with zero attached hydrogens (tertiary/aromatic N) is 4. The lowest BCUT2D eigenvalue weighted by Crippen LogP contribution is -2.32. The first kappa shape index (κ1) is 19.3. The molecule has 1 aromatic heterocycles. The first-order valence-electron chi connectivity index (χ1n) is 9.25. The summed E-state index contributed by atoms with van der Waals surface area (Å²) in [7, 11) is -3.83. The zero-order chi connectivity index (χ0) is 20.4. The molecule has 2 aromatic carbocycles. The van der Waals surface area contributed by atoms with Crippen LogP contribution in [-0.2, 0) is 27.8 Å². The van der Waals surface area contributed by atoms with Crippen LogP contribution in [-0.4, -0.2) is 35.6 Å². The molecule has 0 saturated heterocycles. The van der Waals surface area contributed by atoms with Gasteiger partial charge >= 0.3 is 0 Å². The number of carbonyl (C=O) groups excluding carboxylic acids is 1. The fraction of sp³-hybridized carbons (Fsp3) is 0.250. The summed E-state index contributed by atoms with van der Waals surface area (Å²) < 4.78 is 30.7. The molecular formula is C20H21N5O3S. The third-order valence-electron chi connectivity index (χ3n) is 4.98. The normalized spacial score (nSPS) is 14.6. The molecular weight excluding hydrogens is 390 g/mol. The topological polar surface area (TPSA) is 97.2 Å². The molecule has 29 heavy (non-hydrogen) atoms. The van der Waals surface area contributed by atoms with Gasteiger partial charge in [0, 0.05) is 19.2 Å². The minimum Gasteiger partial charge on any atom is -0.312 e. The van der Waals surface area contributed by atoms with Gasteiger partial charge in [0.25, 0.3) is 0 Å². The van der Waals surface area contributed by atoms with Crippen LogP contribution >= 0.6 is 0 Å². The van der Waals surface area contributed by atoms with Gasteiger partial charge in [0.2, 0.25) is 15.9 Å². The van der Waals surface area contributed by atoms with Crippen molar-refractivity contribution in [1.29, 1.82) is 0 Å². The van der Waals surface area contributed by atoms with E-state index in [1.54, 1.807) is 34.1 Å². The molecule has 1 aliphatic heterocycles. The van der Waals surface area contributed by atoms with E-state index in [1.807, 2.05) is 30.3 Å². The number of hydrogen-bond acceptors (Lipinski definition) is 5. The fourth-order valence-electron chi connectivity index (χ4n) is 3.52. The summed E-state index contributed by atoms with van der Waals surface area (Å²) in [5.41, 5.74) is 2.45. The number of amides is 1. The Balaban J connectivity index is 1.65. The van der Waals surface area contributed by atoms with Crippen molar-refractivity contribution in [2.75, 3.05) is 11.4 Å². The van der Waals surface area contributed by atoms with Crippen LogP contribution in [0.3, 0.4) is 0 Å². The quantitative estimate of drug-likeness (QED) is 0.668. The number of aromatic nitrogens is 3. The summed E-state index contributed by atoms with van der Waals surface area (Å²) >= 11 is 0. The Labute approximate surface area is 169 Å². The summed E-state index contributed by atoms with van der Waals surface area (Å²) in [5.74, 6) is -0.0976. The number of hydrogen-bond donors (Lipinski definition) is 1. The number of nitrogens with one attached hydrogen (secondary N) is 1. The van der Waals surface area contributed by atoms with E-state index >= 15 is 0 Å². The van der Waals surface area contributed by atoms with Crippen molar-refractivity contribution in [2.45, 2.75) is 30.8 Å². The Bertz CT molecular complexity index is 1110. The van der Waals surface area contributed by atoms with E-state index in [0.29, 0.717) is 18.8 Å². The standard InChI is InChI=1S/C20H21N5O3S/c1-15(26)25-10-9-17-7-8-18(11-20(17)25)29(27,28)23-19(12-24-14-21-13-22-24)16-5-3-2-4-6-16/h2-8,11,13-14,19,23H,9-10,12H2,1H3. The second kappa shape index (κ2) is 7.76. The maximum absolute atomic E-state index is 13.2. The lowest BCUT2D eigenvalue weighted by molar-refractivity contribution is -0.116. The van der Waals surface area contributed by atoms with Gasteiger partial charge in [0.15, 0.2) is 0 Å². The Morgan fingerprint density at radius 2 is 2.00 bits per heavy atom. The molecule has 1 N–H and O–H groups in total. The molecule has 3 aromatic rings. The Morgan fingerprint density at radius 1 is 1.21 bits per heavy atom. The van der Waals surface area contributed by atoms with E-state index in [4.69, 9.17) is 0 Å². The maximum atomic E-state index is 13.2. The maximum Gasteiger partial charge on any atom is 0.241 e. The van der Waals surface area contributed by atoms with Crippen LogP contribution in [0.4, 0.5) is 5.69 Å². The molecule has 0 radical (unpaired) electrons. The third-order valence-corrected chi connectivity index (χ3v) is 6.45. The number of benzene rings is 2. The Kier molecular flexibility index (Phi) is 5.16. The second-order valence-corrected chi connectivity index (χ2v) is 8.63. The van der Waals surface area contributed by atoms with Gasteiger partial charge in [-0.2, -0.15) is 5.10 Å². The van der Waals surface area contributed by atoms with Crippen LogP contribution in [0.2, 0.25) is 0 Å². The minimum absolute atomic E-state index is 0.0976. The second-order valence-electron chi connectivity index (χ2n) is 6.91. The number of carbonyl (C=O) groups is 1. The van der Waals surface area contributed by atoms with E-state index in [0.717, 1.165) is 17.5 Å². The Hall–Kier alpha value is -3.04. The first-order chi connectivity index (χ1) is 13.9. The number of anilines is 1. The van der Waals surface area contributed by atoms with E-state index in [1.165, 1.54) is 13.3 Å². The lowest BCUT2D eigenvalue weighted by atomic mass is 10.1. The van der Waals surface area contributed by atoms with Crippen molar-refractivity contribution < 1.29 is 13.2 Å². The highest BCUT2D eigenvalue weighted by Crippen LogP contribution is 2.31. The van der Waals surface area contributed by atoms with Crippen molar-refractivity contribution in [1.82, 2.24) is 19.5 Å². The molecule has 0 spiro atoms. The largest absolute Gasteiger partial charge is 0.312 e. The molecule has 1 aliphatic rings. The number of sulfonamides is 1. The minimum atomic E-state index is -3.83. The average Bonchev–Trinajstić information content (AvgIpc) is 3.37. The highest BCUT2D eigenvalue weighted by atomic mass is 32.2. The van der Waals surface area contributed by atoms with Crippen LogP contribution in [0.1, 0.15) is 24.1 Å². The van der Waals surface area contributed by atoms with Crippen LogP contribution in [0, 0.1) is 0 Å². The zero-order valence-corrected chi connectivity index (χ0v) is 16.7. The average molecular weight is 411 g/mol. The summed E-state index contributed by atoms with van der Waals surface area (Å²) in [5, 5.41) is 4.09. The van der Waals surface area contributed by atoms with Gasteiger partial charge < -0.3 is 4.90 Å². The number of rotatable bonds is 6. The van der Waals surface area contributed by atoms with E-state index in [2.05, 4.69) is 14.8 Å². The molecule has 8 nitrogen and oxygen atoms in total. The third kappa shape index (κ3) is 4.06. The molecule has 0 fully saturated rings. The van der Waals surface area contributed by atoms with Gasteiger partial charge in [-0.3, -0.25) is 9.48 Å². The highest BCUT2D eigenvalue weighted by Gasteiger charge is 2.27. The summed E-state index contributed by atoms with van der Waals surface area (Å²) in [6.07, 6.45) is 3.68. The van der Waals surface area contributed by atoms with Crippen molar-refractivity contribution in [3.8, 4) is 0 Å². The molecule has 9 heteroatoms. The van der Waals surface area contributed by atoms with Crippen molar-refractivity contribution in [3.63, 3.8) is 0 Å². The molecule has 1 amide bonds. The highest BCUT2D eigenvalue weighted by molar-refractivity contribution is 7.89. The lowest BCUT2D eigenvalue weighted by Gasteiger charge is -2.20. The molecule has 0 saturated carbocycles.